The average molecular weight is 442 g/mol. The third-order valence-electron chi connectivity index (χ3n) is 5.34. The second-order valence-electron chi connectivity index (χ2n) is 7.60. The number of halogens is 3. The Kier molecular flexibility index (Phi) is 5.78. The summed E-state index contributed by atoms with van der Waals surface area (Å²) in [7, 11) is 0. The van der Waals surface area contributed by atoms with Crippen molar-refractivity contribution in [3.05, 3.63) is 77.0 Å². The molecule has 1 N–H and O–H groups in total. The second-order valence-corrected chi connectivity index (χ2v) is 7.60. The van der Waals surface area contributed by atoms with E-state index in [4.69, 9.17) is 4.42 Å². The quantitative estimate of drug-likeness (QED) is 0.579. The molecule has 2 amide bonds. The molecular formula is C24H21F3N2O3. The van der Waals surface area contributed by atoms with E-state index in [-0.39, 0.29) is 18.0 Å². The first-order chi connectivity index (χ1) is 15.2. The zero-order chi connectivity index (χ0) is 22.9. The minimum Gasteiger partial charge on any atom is -0.461 e. The van der Waals surface area contributed by atoms with Gasteiger partial charge < -0.3 is 14.6 Å². The molecule has 2 heterocycles. The van der Waals surface area contributed by atoms with Crippen LogP contribution in [0, 0.1) is 0 Å². The molecule has 1 aliphatic heterocycles. The van der Waals surface area contributed by atoms with Crippen molar-refractivity contribution >= 4 is 17.5 Å². The number of hydrogen-bond donors (Lipinski definition) is 1. The fraction of sp³-hybridized carbons (Fsp3) is 0.250. The molecule has 0 bridgehead atoms. The molecule has 4 rings (SSSR count). The Bertz CT molecular complexity index is 1170. The Morgan fingerprint density at radius 1 is 1.09 bits per heavy atom. The number of nitrogens with zero attached hydrogens (tertiary/aromatic N) is 1. The van der Waals surface area contributed by atoms with Crippen molar-refractivity contribution in [2.45, 2.75) is 32.5 Å². The van der Waals surface area contributed by atoms with Gasteiger partial charge in [-0.2, -0.15) is 13.2 Å². The number of benzene rings is 2. The number of carbonyl (C=O) groups excluding carboxylic acids is 2. The molecule has 5 nitrogen and oxygen atoms in total. The Labute approximate surface area is 182 Å². The van der Waals surface area contributed by atoms with E-state index in [9.17, 15) is 22.8 Å². The van der Waals surface area contributed by atoms with Crippen LogP contribution in [0.1, 0.15) is 40.6 Å². The Morgan fingerprint density at radius 2 is 1.88 bits per heavy atom. The molecule has 0 fully saturated rings. The molecule has 32 heavy (non-hydrogen) atoms. The van der Waals surface area contributed by atoms with Gasteiger partial charge in [0, 0.05) is 48.3 Å². The smallest absolute Gasteiger partial charge is 0.416 e. The maximum Gasteiger partial charge on any atom is 0.416 e. The van der Waals surface area contributed by atoms with Gasteiger partial charge in [-0.1, -0.05) is 25.1 Å². The molecule has 0 atom stereocenters. The predicted molar refractivity (Wildman–Crippen MR) is 113 cm³/mol. The van der Waals surface area contributed by atoms with Crippen molar-refractivity contribution in [3.63, 3.8) is 0 Å². The molecule has 0 unspecified atom stereocenters. The van der Waals surface area contributed by atoms with Gasteiger partial charge in [-0.15, -0.1) is 0 Å². The van der Waals surface area contributed by atoms with Crippen LogP contribution in [0.15, 0.2) is 59.0 Å². The van der Waals surface area contributed by atoms with Gasteiger partial charge in [-0.05, 0) is 36.4 Å². The molecule has 1 aromatic heterocycles. The van der Waals surface area contributed by atoms with Crippen LogP contribution in [0.25, 0.3) is 11.3 Å². The van der Waals surface area contributed by atoms with Crippen molar-refractivity contribution in [1.29, 1.82) is 0 Å². The Balaban J connectivity index is 1.53. The lowest BCUT2D eigenvalue weighted by molar-refractivity contribution is -0.137. The molecule has 8 heteroatoms. The summed E-state index contributed by atoms with van der Waals surface area (Å²) in [5.41, 5.74) is 1.41. The summed E-state index contributed by atoms with van der Waals surface area (Å²) in [5.74, 6) is 0.811. The monoisotopic (exact) mass is 442 g/mol. The SMILES string of the molecule is CCC(=O)Nc1cccc(-c2cc3c(o2)CCN(C(=O)c2cccc(C(F)(F)F)c2)C3)c1. The van der Waals surface area contributed by atoms with Gasteiger partial charge >= 0.3 is 6.18 Å². The number of hydrogen-bond acceptors (Lipinski definition) is 3. The van der Waals surface area contributed by atoms with E-state index >= 15 is 0 Å². The first-order valence-corrected chi connectivity index (χ1v) is 10.2. The molecule has 0 saturated carbocycles. The van der Waals surface area contributed by atoms with E-state index in [1.165, 1.54) is 17.0 Å². The number of alkyl halides is 3. The van der Waals surface area contributed by atoms with Gasteiger partial charge in [0.2, 0.25) is 5.91 Å². The third kappa shape index (κ3) is 4.54. The molecule has 0 spiro atoms. The van der Waals surface area contributed by atoms with Gasteiger partial charge in [0.05, 0.1) is 5.56 Å². The number of amides is 2. The highest BCUT2D eigenvalue weighted by molar-refractivity contribution is 5.94. The zero-order valence-corrected chi connectivity index (χ0v) is 17.3. The van der Waals surface area contributed by atoms with Crippen LogP contribution in [0.4, 0.5) is 18.9 Å². The van der Waals surface area contributed by atoms with Gasteiger partial charge in [-0.25, -0.2) is 0 Å². The zero-order valence-electron chi connectivity index (χ0n) is 17.3. The number of carbonyl (C=O) groups is 2. The van der Waals surface area contributed by atoms with E-state index in [2.05, 4.69) is 5.32 Å². The first kappa shape index (κ1) is 21.7. The summed E-state index contributed by atoms with van der Waals surface area (Å²) in [6, 6.07) is 13.6. The van der Waals surface area contributed by atoms with Crippen molar-refractivity contribution in [1.82, 2.24) is 4.90 Å². The largest absolute Gasteiger partial charge is 0.461 e. The predicted octanol–water partition coefficient (Wildman–Crippen LogP) is 5.51. The summed E-state index contributed by atoms with van der Waals surface area (Å²) in [6.45, 7) is 2.37. The fourth-order valence-corrected chi connectivity index (χ4v) is 3.66. The average Bonchev–Trinajstić information content (AvgIpc) is 3.21. The highest BCUT2D eigenvalue weighted by Gasteiger charge is 2.32. The number of furan rings is 1. The molecule has 2 aromatic carbocycles. The Hall–Kier alpha value is -3.55. The molecule has 166 valence electrons. The Morgan fingerprint density at radius 3 is 2.62 bits per heavy atom. The van der Waals surface area contributed by atoms with Crippen LogP contribution < -0.4 is 5.32 Å². The van der Waals surface area contributed by atoms with E-state index in [0.29, 0.717) is 30.8 Å². The molecule has 0 aliphatic carbocycles. The molecule has 3 aromatic rings. The lowest BCUT2D eigenvalue weighted by atomic mass is 10.0. The van der Waals surface area contributed by atoms with Crippen LogP contribution in [0.2, 0.25) is 0 Å². The molecular weight excluding hydrogens is 421 g/mol. The highest BCUT2D eigenvalue weighted by atomic mass is 19.4. The highest BCUT2D eigenvalue weighted by Crippen LogP contribution is 2.32. The van der Waals surface area contributed by atoms with Crippen LogP contribution >= 0.6 is 0 Å². The van der Waals surface area contributed by atoms with Gasteiger partial charge in [0.25, 0.3) is 5.91 Å². The summed E-state index contributed by atoms with van der Waals surface area (Å²) >= 11 is 0. The topological polar surface area (TPSA) is 62.6 Å². The maximum absolute atomic E-state index is 13.0. The number of rotatable bonds is 4. The van der Waals surface area contributed by atoms with Crippen LogP contribution in [-0.2, 0) is 23.9 Å². The minimum atomic E-state index is -4.50. The first-order valence-electron chi connectivity index (χ1n) is 10.2. The molecule has 1 aliphatic rings. The van der Waals surface area contributed by atoms with E-state index < -0.39 is 17.6 Å². The third-order valence-corrected chi connectivity index (χ3v) is 5.34. The van der Waals surface area contributed by atoms with Crippen LogP contribution in [0.5, 0.6) is 0 Å². The van der Waals surface area contributed by atoms with E-state index in [0.717, 1.165) is 29.0 Å². The van der Waals surface area contributed by atoms with Crippen molar-refractivity contribution in [2.24, 2.45) is 0 Å². The lowest BCUT2D eigenvalue weighted by Crippen LogP contribution is -2.35. The normalized spacial score (nSPS) is 13.6. The summed E-state index contributed by atoms with van der Waals surface area (Å²) in [5, 5.41) is 2.81. The van der Waals surface area contributed by atoms with Crippen LogP contribution in [-0.4, -0.2) is 23.3 Å². The van der Waals surface area contributed by atoms with Crippen LogP contribution in [0.3, 0.4) is 0 Å². The maximum atomic E-state index is 13.0. The number of fused-ring (bicyclic) bond motifs is 1. The standard InChI is InChI=1S/C24H21F3N2O3/c1-2-22(30)28-19-8-4-5-15(12-19)21-13-17-14-29(10-9-20(17)32-21)23(31)16-6-3-7-18(11-16)24(25,26)27/h3-8,11-13H,2,9-10,14H2,1H3,(H,28,30). The summed E-state index contributed by atoms with van der Waals surface area (Å²) < 4.78 is 45.0. The molecule has 0 radical (unpaired) electrons. The second kappa shape index (κ2) is 8.53. The summed E-state index contributed by atoms with van der Waals surface area (Å²) in [4.78, 5) is 26.0. The number of anilines is 1. The molecule has 0 saturated heterocycles. The number of nitrogens with one attached hydrogen (secondary N) is 1. The minimum absolute atomic E-state index is 0.00589. The van der Waals surface area contributed by atoms with Crippen molar-refractivity contribution in [3.8, 4) is 11.3 Å². The van der Waals surface area contributed by atoms with Gasteiger partial charge in [-0.3, -0.25) is 9.59 Å². The van der Waals surface area contributed by atoms with Crippen molar-refractivity contribution < 1.29 is 27.2 Å². The summed E-state index contributed by atoms with van der Waals surface area (Å²) in [6.07, 6.45) is -3.67. The van der Waals surface area contributed by atoms with E-state index in [1.54, 1.807) is 13.0 Å². The van der Waals surface area contributed by atoms with Gasteiger partial charge in [0.1, 0.15) is 11.5 Å². The van der Waals surface area contributed by atoms with E-state index in [1.807, 2.05) is 24.3 Å². The fourth-order valence-electron chi connectivity index (χ4n) is 3.66. The van der Waals surface area contributed by atoms with Crippen molar-refractivity contribution in [2.75, 3.05) is 11.9 Å². The lowest BCUT2D eigenvalue weighted by Gasteiger charge is -2.26. The van der Waals surface area contributed by atoms with Gasteiger partial charge in [0.15, 0.2) is 0 Å².